The zero-order chi connectivity index (χ0) is 25.7. The fraction of sp³-hybridized carbons (Fsp3) is 0.192. The molecule has 0 spiro atoms. The van der Waals surface area contributed by atoms with E-state index < -0.39 is 0 Å². The van der Waals surface area contributed by atoms with E-state index in [1.54, 1.807) is 25.3 Å². The maximum absolute atomic E-state index is 12.7. The average Bonchev–Trinajstić information content (AvgIpc) is 3.28. The van der Waals surface area contributed by atoms with Crippen molar-refractivity contribution < 1.29 is 9.53 Å². The largest absolute Gasteiger partial charge is 0.497 e. The molecule has 4 rings (SSSR count). The number of aryl methyl sites for hydroxylation is 1. The van der Waals surface area contributed by atoms with Crippen molar-refractivity contribution in [3.8, 4) is 11.4 Å². The lowest BCUT2D eigenvalue weighted by molar-refractivity contribution is 0.251. The summed E-state index contributed by atoms with van der Waals surface area (Å²) in [6.45, 7) is 4.10. The summed E-state index contributed by atoms with van der Waals surface area (Å²) in [6, 6.07) is 18.4. The number of thioether (sulfide) groups is 1. The van der Waals surface area contributed by atoms with E-state index in [1.165, 1.54) is 11.8 Å². The number of nitrogens with one attached hydrogen (secondary N) is 2. The van der Waals surface area contributed by atoms with Crippen molar-refractivity contribution >= 4 is 46.7 Å². The number of methoxy groups -OCH3 is 1. The lowest BCUT2D eigenvalue weighted by Crippen LogP contribution is -2.29. The minimum Gasteiger partial charge on any atom is -0.497 e. The van der Waals surface area contributed by atoms with Gasteiger partial charge in [-0.2, -0.15) is 0 Å². The van der Waals surface area contributed by atoms with Crippen LogP contribution in [-0.2, 0) is 12.3 Å². The number of hydrogen-bond acceptors (Lipinski definition) is 5. The molecule has 10 heteroatoms. The van der Waals surface area contributed by atoms with Gasteiger partial charge in [-0.15, -0.1) is 10.2 Å². The minimum absolute atomic E-state index is 0.131. The summed E-state index contributed by atoms with van der Waals surface area (Å²) >= 11 is 14.3. The first kappa shape index (κ1) is 25.9. The summed E-state index contributed by atoms with van der Waals surface area (Å²) < 4.78 is 7.14. The molecule has 2 N–H and O–H groups in total. The van der Waals surface area contributed by atoms with Gasteiger partial charge in [0, 0.05) is 16.5 Å². The summed E-state index contributed by atoms with van der Waals surface area (Å²) in [5, 5.41) is 16.1. The van der Waals surface area contributed by atoms with E-state index in [2.05, 4.69) is 20.8 Å². The number of urea groups is 1. The predicted octanol–water partition coefficient (Wildman–Crippen LogP) is 6.81. The Morgan fingerprint density at radius 1 is 1.06 bits per heavy atom. The molecule has 0 bridgehead atoms. The van der Waals surface area contributed by atoms with Gasteiger partial charge >= 0.3 is 6.03 Å². The van der Waals surface area contributed by atoms with Crippen LogP contribution in [0.3, 0.4) is 0 Å². The number of amides is 2. The van der Waals surface area contributed by atoms with Crippen molar-refractivity contribution in [2.24, 2.45) is 0 Å². The first-order valence-corrected chi connectivity index (χ1v) is 12.9. The van der Waals surface area contributed by atoms with E-state index in [-0.39, 0.29) is 12.6 Å². The number of carbonyl (C=O) groups is 1. The Balaban J connectivity index is 1.56. The van der Waals surface area contributed by atoms with E-state index >= 15 is 0 Å². The maximum Gasteiger partial charge on any atom is 0.319 e. The third kappa shape index (κ3) is 6.13. The molecule has 3 aromatic carbocycles. The molecule has 36 heavy (non-hydrogen) atoms. The zero-order valence-corrected chi connectivity index (χ0v) is 22.3. The van der Waals surface area contributed by atoms with Gasteiger partial charge in [0.2, 0.25) is 0 Å². The van der Waals surface area contributed by atoms with Crippen LogP contribution in [0.1, 0.15) is 22.5 Å². The van der Waals surface area contributed by atoms with Crippen LogP contribution in [-0.4, -0.2) is 27.9 Å². The average molecular weight is 542 g/mol. The van der Waals surface area contributed by atoms with Gasteiger partial charge in [0.1, 0.15) is 5.75 Å². The van der Waals surface area contributed by atoms with Crippen LogP contribution in [0.5, 0.6) is 5.75 Å². The lowest BCUT2D eigenvalue weighted by atomic mass is 10.1. The molecule has 4 aromatic rings. The second-order valence-corrected chi connectivity index (χ2v) is 9.81. The Labute approximate surface area is 224 Å². The van der Waals surface area contributed by atoms with Gasteiger partial charge in [-0.25, -0.2) is 4.79 Å². The van der Waals surface area contributed by atoms with E-state index in [4.69, 9.17) is 27.9 Å². The second-order valence-electron chi connectivity index (χ2n) is 8.03. The SMILES string of the molecule is COc1cccc(CSc2nnc(CNC(=O)Nc3cccc(C)c3C)n2-c2cc(Cl)ccc2Cl)c1. The zero-order valence-electron chi connectivity index (χ0n) is 20.0. The monoisotopic (exact) mass is 541 g/mol. The normalized spacial score (nSPS) is 10.8. The fourth-order valence-electron chi connectivity index (χ4n) is 3.53. The quantitative estimate of drug-likeness (QED) is 0.239. The number of halogens is 2. The number of anilines is 1. The maximum atomic E-state index is 12.7. The van der Waals surface area contributed by atoms with Crippen LogP contribution in [0.2, 0.25) is 10.0 Å². The lowest BCUT2D eigenvalue weighted by Gasteiger charge is -2.14. The smallest absolute Gasteiger partial charge is 0.319 e. The predicted molar refractivity (Wildman–Crippen MR) is 146 cm³/mol. The molecule has 0 saturated heterocycles. The Bertz CT molecular complexity index is 1390. The van der Waals surface area contributed by atoms with E-state index in [9.17, 15) is 4.79 Å². The number of carbonyl (C=O) groups excluding carboxylic acids is 1. The van der Waals surface area contributed by atoms with E-state index in [0.29, 0.717) is 32.5 Å². The molecule has 0 atom stereocenters. The standard InChI is InChI=1S/C26H25Cl2N5O2S/c1-16-6-4-9-22(17(16)2)30-25(34)29-14-24-31-32-26(33(24)23-13-19(27)10-11-21(23)28)36-15-18-7-5-8-20(12-18)35-3/h4-13H,14-15H2,1-3H3,(H2,29,30,34). The van der Waals surface area contributed by atoms with Gasteiger partial charge < -0.3 is 15.4 Å². The molecule has 186 valence electrons. The van der Waals surface area contributed by atoms with Gasteiger partial charge in [-0.3, -0.25) is 4.57 Å². The van der Waals surface area contributed by atoms with Crippen LogP contribution in [0.25, 0.3) is 5.69 Å². The number of nitrogens with zero attached hydrogens (tertiary/aromatic N) is 3. The van der Waals surface area contributed by atoms with Crippen LogP contribution >= 0.6 is 35.0 Å². The van der Waals surface area contributed by atoms with Gasteiger partial charge in [0.05, 0.1) is 24.4 Å². The topological polar surface area (TPSA) is 81.1 Å². The molecule has 0 aliphatic rings. The van der Waals surface area contributed by atoms with Gasteiger partial charge in [0.15, 0.2) is 11.0 Å². The molecule has 0 unspecified atom stereocenters. The van der Waals surface area contributed by atoms with Crippen molar-refractivity contribution in [3.63, 3.8) is 0 Å². The van der Waals surface area contributed by atoms with Crippen LogP contribution in [0, 0.1) is 13.8 Å². The summed E-state index contributed by atoms with van der Waals surface area (Å²) in [5.74, 6) is 1.93. The molecule has 1 heterocycles. The van der Waals surface area contributed by atoms with E-state index in [1.807, 2.05) is 60.9 Å². The Morgan fingerprint density at radius 3 is 2.67 bits per heavy atom. The first-order chi connectivity index (χ1) is 17.4. The van der Waals surface area contributed by atoms with Crippen LogP contribution in [0.4, 0.5) is 10.5 Å². The molecule has 7 nitrogen and oxygen atoms in total. The van der Waals surface area contributed by atoms with Crippen LogP contribution in [0.15, 0.2) is 65.8 Å². The summed E-state index contributed by atoms with van der Waals surface area (Å²) in [6.07, 6.45) is 0. The molecule has 1 aromatic heterocycles. The van der Waals surface area contributed by atoms with Crippen molar-refractivity contribution in [3.05, 3.63) is 93.2 Å². The Kier molecular flexibility index (Phi) is 8.40. The Hall–Kier alpha value is -3.20. The third-order valence-electron chi connectivity index (χ3n) is 5.61. The summed E-state index contributed by atoms with van der Waals surface area (Å²) in [4.78, 5) is 12.7. The van der Waals surface area contributed by atoms with Crippen molar-refractivity contribution in [1.29, 1.82) is 0 Å². The molecular formula is C26H25Cl2N5O2S. The molecule has 2 amide bonds. The van der Waals surface area contributed by atoms with Crippen molar-refractivity contribution in [2.45, 2.75) is 31.3 Å². The van der Waals surface area contributed by atoms with Gasteiger partial charge in [-0.05, 0) is 66.9 Å². The second kappa shape index (κ2) is 11.7. The fourth-order valence-corrected chi connectivity index (χ4v) is 4.81. The highest BCUT2D eigenvalue weighted by Gasteiger charge is 2.18. The molecule has 0 aliphatic carbocycles. The highest BCUT2D eigenvalue weighted by Crippen LogP contribution is 2.31. The Morgan fingerprint density at radius 2 is 1.86 bits per heavy atom. The van der Waals surface area contributed by atoms with Crippen molar-refractivity contribution in [2.75, 3.05) is 12.4 Å². The first-order valence-electron chi connectivity index (χ1n) is 11.1. The highest BCUT2D eigenvalue weighted by atomic mass is 35.5. The summed E-state index contributed by atoms with van der Waals surface area (Å²) in [5.41, 5.74) is 4.56. The van der Waals surface area contributed by atoms with Crippen molar-refractivity contribution in [1.82, 2.24) is 20.1 Å². The van der Waals surface area contributed by atoms with Crippen LogP contribution < -0.4 is 15.4 Å². The molecule has 0 saturated carbocycles. The third-order valence-corrected chi connectivity index (χ3v) is 7.17. The summed E-state index contributed by atoms with van der Waals surface area (Å²) in [7, 11) is 1.64. The molecule has 0 radical (unpaired) electrons. The van der Waals surface area contributed by atoms with Gasteiger partial charge in [0.25, 0.3) is 0 Å². The number of benzene rings is 3. The number of aromatic nitrogens is 3. The number of ether oxygens (including phenoxy) is 1. The van der Waals surface area contributed by atoms with E-state index in [0.717, 1.165) is 28.1 Å². The number of rotatable bonds is 8. The van der Waals surface area contributed by atoms with Gasteiger partial charge in [-0.1, -0.05) is 59.2 Å². The highest BCUT2D eigenvalue weighted by molar-refractivity contribution is 7.98. The molecule has 0 aliphatic heterocycles. The minimum atomic E-state index is -0.346. The molecule has 0 fully saturated rings. The molecular weight excluding hydrogens is 517 g/mol. The number of hydrogen-bond donors (Lipinski definition) is 2.